The van der Waals surface area contributed by atoms with E-state index in [1.807, 2.05) is 19.1 Å². The van der Waals surface area contributed by atoms with Crippen LogP contribution in [-0.4, -0.2) is 10.2 Å². The van der Waals surface area contributed by atoms with Crippen LogP contribution in [0.3, 0.4) is 0 Å². The van der Waals surface area contributed by atoms with Gasteiger partial charge in [0.1, 0.15) is 11.5 Å². The third-order valence-corrected chi connectivity index (χ3v) is 3.44. The van der Waals surface area contributed by atoms with Crippen LogP contribution in [0, 0.1) is 0 Å². The Labute approximate surface area is 119 Å². The fourth-order valence-electron chi connectivity index (χ4n) is 2.18. The lowest BCUT2D eigenvalue weighted by Crippen LogP contribution is -2.06. The Kier molecular flexibility index (Phi) is 4.18. The quantitative estimate of drug-likeness (QED) is 0.723. The normalized spacial score (nSPS) is 12.4. The van der Waals surface area contributed by atoms with Crippen LogP contribution in [0.25, 0.3) is 0 Å². The van der Waals surface area contributed by atoms with E-state index in [4.69, 9.17) is 0 Å². The monoisotopic (exact) mass is 271 g/mol. The predicted octanol–water partition coefficient (Wildman–Crippen LogP) is 4.39. The minimum Gasteiger partial charge on any atom is -0.508 e. The standard InChI is InChI=1S/C17H21NO2/c1-11(2)13-4-6-14(7-5-13)18-12(3)16-10-15(19)8-9-17(16)20/h4-12,18-20H,1-3H3. The molecule has 0 saturated heterocycles. The summed E-state index contributed by atoms with van der Waals surface area (Å²) in [6.45, 7) is 6.27. The van der Waals surface area contributed by atoms with Crippen molar-refractivity contribution in [3.63, 3.8) is 0 Å². The lowest BCUT2D eigenvalue weighted by molar-refractivity contribution is 0.451. The molecule has 1 unspecified atom stereocenters. The van der Waals surface area contributed by atoms with Crippen LogP contribution in [0.1, 0.15) is 43.9 Å². The van der Waals surface area contributed by atoms with Gasteiger partial charge < -0.3 is 15.5 Å². The zero-order valence-electron chi connectivity index (χ0n) is 12.1. The lowest BCUT2D eigenvalue weighted by Gasteiger charge is -2.17. The molecule has 0 heterocycles. The molecule has 2 aromatic carbocycles. The predicted molar refractivity (Wildman–Crippen MR) is 82.3 cm³/mol. The van der Waals surface area contributed by atoms with E-state index in [0.29, 0.717) is 11.5 Å². The molecule has 0 aliphatic heterocycles. The van der Waals surface area contributed by atoms with Gasteiger partial charge in [0.25, 0.3) is 0 Å². The summed E-state index contributed by atoms with van der Waals surface area (Å²) in [5.74, 6) is 0.847. The minimum absolute atomic E-state index is 0.0907. The molecule has 0 saturated carbocycles. The number of hydrogen-bond donors (Lipinski definition) is 3. The summed E-state index contributed by atoms with van der Waals surface area (Å²) < 4.78 is 0. The van der Waals surface area contributed by atoms with E-state index in [9.17, 15) is 10.2 Å². The number of phenolic OH excluding ortho intramolecular Hbond substituents is 2. The maximum Gasteiger partial charge on any atom is 0.121 e. The van der Waals surface area contributed by atoms with Crippen molar-refractivity contribution in [3.05, 3.63) is 53.6 Å². The summed E-state index contributed by atoms with van der Waals surface area (Å²) in [7, 11) is 0. The molecule has 0 spiro atoms. The van der Waals surface area contributed by atoms with Gasteiger partial charge in [0, 0.05) is 11.3 Å². The molecule has 1 atom stereocenters. The van der Waals surface area contributed by atoms with Crippen molar-refractivity contribution < 1.29 is 10.2 Å². The third kappa shape index (κ3) is 3.23. The van der Waals surface area contributed by atoms with E-state index in [1.165, 1.54) is 17.7 Å². The van der Waals surface area contributed by atoms with E-state index < -0.39 is 0 Å². The van der Waals surface area contributed by atoms with E-state index in [0.717, 1.165) is 5.69 Å². The van der Waals surface area contributed by atoms with Gasteiger partial charge in [-0.15, -0.1) is 0 Å². The molecule has 106 valence electrons. The van der Waals surface area contributed by atoms with Gasteiger partial charge in [0.05, 0.1) is 6.04 Å². The van der Waals surface area contributed by atoms with Crippen LogP contribution in [0.4, 0.5) is 5.69 Å². The maximum atomic E-state index is 9.85. The second-order valence-corrected chi connectivity index (χ2v) is 5.39. The Morgan fingerprint density at radius 1 is 0.900 bits per heavy atom. The highest BCUT2D eigenvalue weighted by atomic mass is 16.3. The summed E-state index contributed by atoms with van der Waals surface area (Å²) in [5, 5.41) is 22.7. The molecule has 2 rings (SSSR count). The molecule has 0 aliphatic rings. The van der Waals surface area contributed by atoms with E-state index in [-0.39, 0.29) is 17.5 Å². The molecule has 3 heteroatoms. The maximum absolute atomic E-state index is 9.85. The second-order valence-electron chi connectivity index (χ2n) is 5.39. The Bertz CT molecular complexity index is 576. The van der Waals surface area contributed by atoms with E-state index in [2.05, 4.69) is 31.3 Å². The Balaban J connectivity index is 2.14. The molecule has 0 aliphatic carbocycles. The SMILES string of the molecule is CC(C)c1ccc(NC(C)c2cc(O)ccc2O)cc1. The highest BCUT2D eigenvalue weighted by Gasteiger charge is 2.11. The van der Waals surface area contributed by atoms with Crippen LogP contribution >= 0.6 is 0 Å². The lowest BCUT2D eigenvalue weighted by atomic mass is 10.0. The zero-order valence-corrected chi connectivity index (χ0v) is 12.1. The number of phenols is 2. The van der Waals surface area contributed by atoms with Crippen molar-refractivity contribution in [1.29, 1.82) is 0 Å². The van der Waals surface area contributed by atoms with Crippen molar-refractivity contribution in [2.75, 3.05) is 5.32 Å². The third-order valence-electron chi connectivity index (χ3n) is 3.44. The molecule has 0 radical (unpaired) electrons. The summed E-state index contributed by atoms with van der Waals surface area (Å²) in [5.41, 5.74) is 2.96. The van der Waals surface area contributed by atoms with E-state index >= 15 is 0 Å². The average molecular weight is 271 g/mol. The molecule has 20 heavy (non-hydrogen) atoms. The van der Waals surface area contributed by atoms with Crippen LogP contribution < -0.4 is 5.32 Å². The van der Waals surface area contributed by atoms with Gasteiger partial charge in [-0.05, 0) is 48.7 Å². The Morgan fingerprint density at radius 3 is 2.15 bits per heavy atom. The van der Waals surface area contributed by atoms with Crippen molar-refractivity contribution in [3.8, 4) is 11.5 Å². The van der Waals surface area contributed by atoms with Gasteiger partial charge in [-0.2, -0.15) is 0 Å². The second kappa shape index (κ2) is 5.87. The summed E-state index contributed by atoms with van der Waals surface area (Å²) in [6.07, 6.45) is 0. The number of rotatable bonds is 4. The van der Waals surface area contributed by atoms with Gasteiger partial charge in [0.15, 0.2) is 0 Å². The molecular formula is C17H21NO2. The van der Waals surface area contributed by atoms with E-state index in [1.54, 1.807) is 6.07 Å². The first kappa shape index (κ1) is 14.3. The average Bonchev–Trinajstić information content (AvgIpc) is 2.42. The van der Waals surface area contributed by atoms with Crippen LogP contribution in [0.15, 0.2) is 42.5 Å². The fourth-order valence-corrected chi connectivity index (χ4v) is 2.18. The van der Waals surface area contributed by atoms with Crippen LogP contribution in [0.5, 0.6) is 11.5 Å². The van der Waals surface area contributed by atoms with Crippen molar-refractivity contribution in [2.45, 2.75) is 32.7 Å². The summed E-state index contributed by atoms with van der Waals surface area (Å²) in [4.78, 5) is 0. The van der Waals surface area contributed by atoms with Crippen molar-refractivity contribution in [1.82, 2.24) is 0 Å². The first-order valence-corrected chi connectivity index (χ1v) is 6.85. The topological polar surface area (TPSA) is 52.5 Å². The van der Waals surface area contributed by atoms with Crippen molar-refractivity contribution >= 4 is 5.69 Å². The van der Waals surface area contributed by atoms with Crippen molar-refractivity contribution in [2.24, 2.45) is 0 Å². The van der Waals surface area contributed by atoms with Gasteiger partial charge in [-0.3, -0.25) is 0 Å². The van der Waals surface area contributed by atoms with Crippen LogP contribution in [-0.2, 0) is 0 Å². The highest BCUT2D eigenvalue weighted by molar-refractivity contribution is 5.49. The molecular weight excluding hydrogens is 250 g/mol. The Morgan fingerprint density at radius 2 is 1.55 bits per heavy atom. The molecule has 0 fully saturated rings. The molecule has 3 nitrogen and oxygen atoms in total. The molecule has 0 amide bonds. The fraction of sp³-hybridized carbons (Fsp3) is 0.294. The van der Waals surface area contributed by atoms with Crippen LogP contribution in [0.2, 0.25) is 0 Å². The highest BCUT2D eigenvalue weighted by Crippen LogP contribution is 2.30. The zero-order chi connectivity index (χ0) is 14.7. The smallest absolute Gasteiger partial charge is 0.121 e. The first-order valence-electron chi connectivity index (χ1n) is 6.85. The summed E-state index contributed by atoms with van der Waals surface area (Å²) in [6, 6.07) is 12.7. The molecule has 0 bridgehead atoms. The van der Waals surface area contributed by atoms with Gasteiger partial charge in [-0.25, -0.2) is 0 Å². The first-order chi connectivity index (χ1) is 9.47. The number of hydrogen-bond acceptors (Lipinski definition) is 3. The molecule has 2 aromatic rings. The Hall–Kier alpha value is -2.16. The molecule has 3 N–H and O–H groups in total. The van der Waals surface area contributed by atoms with Gasteiger partial charge in [0.2, 0.25) is 0 Å². The summed E-state index contributed by atoms with van der Waals surface area (Å²) >= 11 is 0. The number of nitrogens with one attached hydrogen (secondary N) is 1. The van der Waals surface area contributed by atoms with Gasteiger partial charge >= 0.3 is 0 Å². The number of benzene rings is 2. The number of aromatic hydroxyl groups is 2. The molecule has 0 aromatic heterocycles. The minimum atomic E-state index is -0.0907. The number of anilines is 1. The largest absolute Gasteiger partial charge is 0.508 e. The van der Waals surface area contributed by atoms with Gasteiger partial charge in [-0.1, -0.05) is 26.0 Å².